The van der Waals surface area contributed by atoms with Crippen molar-refractivity contribution in [3.05, 3.63) is 35.2 Å². The second-order valence-electron chi connectivity index (χ2n) is 4.57. The highest BCUT2D eigenvalue weighted by Crippen LogP contribution is 2.29. The van der Waals surface area contributed by atoms with E-state index in [1.165, 1.54) is 16.9 Å². The first-order valence-electron chi connectivity index (χ1n) is 6.14. The predicted molar refractivity (Wildman–Crippen MR) is 90.0 cm³/mol. The molecule has 22 heavy (non-hydrogen) atoms. The molecule has 0 aliphatic rings. The average Bonchev–Trinajstić information content (AvgIpc) is 2.98. The van der Waals surface area contributed by atoms with Gasteiger partial charge in [0.15, 0.2) is 0 Å². The van der Waals surface area contributed by atoms with Crippen molar-refractivity contribution in [2.75, 3.05) is 5.32 Å². The van der Waals surface area contributed by atoms with Crippen LogP contribution in [0.3, 0.4) is 0 Å². The molecule has 3 aromatic rings. The number of fused-ring (bicyclic) bond motifs is 1. The zero-order valence-electron chi connectivity index (χ0n) is 11.2. The van der Waals surface area contributed by atoms with Gasteiger partial charge in [0.1, 0.15) is 0 Å². The van der Waals surface area contributed by atoms with E-state index in [4.69, 9.17) is 34.8 Å². The van der Waals surface area contributed by atoms with E-state index in [0.29, 0.717) is 4.96 Å². The number of aromatic nitrogens is 3. The molecule has 0 atom stereocenters. The van der Waals surface area contributed by atoms with Crippen molar-refractivity contribution in [1.82, 2.24) is 14.6 Å². The summed E-state index contributed by atoms with van der Waals surface area (Å²) in [5.41, 5.74) is 3.05. The van der Waals surface area contributed by atoms with Crippen molar-refractivity contribution in [2.24, 2.45) is 0 Å². The Bertz CT molecular complexity index is 835. The van der Waals surface area contributed by atoms with Crippen LogP contribution in [0.4, 0.5) is 5.95 Å². The molecule has 0 aliphatic carbocycles. The largest absolute Gasteiger partial charge is 0.289 e. The predicted octanol–water partition coefficient (Wildman–Crippen LogP) is 4.07. The fourth-order valence-electron chi connectivity index (χ4n) is 1.83. The van der Waals surface area contributed by atoms with Gasteiger partial charge in [0, 0.05) is 10.9 Å². The van der Waals surface area contributed by atoms with E-state index in [2.05, 4.69) is 15.4 Å². The fraction of sp³-hybridized carbons (Fsp3) is 0.154. The van der Waals surface area contributed by atoms with Gasteiger partial charge in [0.25, 0.3) is 15.6 Å². The van der Waals surface area contributed by atoms with Crippen molar-refractivity contribution in [1.29, 1.82) is 0 Å². The minimum Gasteiger partial charge on any atom is -0.289 e. The summed E-state index contributed by atoms with van der Waals surface area (Å²) in [7, 11) is 0. The number of rotatable bonds is 2. The number of halogens is 3. The van der Waals surface area contributed by atoms with E-state index < -0.39 is 9.70 Å². The van der Waals surface area contributed by atoms with E-state index in [-0.39, 0.29) is 5.95 Å². The summed E-state index contributed by atoms with van der Waals surface area (Å²) < 4.78 is -0.415. The van der Waals surface area contributed by atoms with Crippen LogP contribution < -0.4 is 5.32 Å². The Hall–Kier alpha value is -1.34. The summed E-state index contributed by atoms with van der Waals surface area (Å²) >= 11 is 17.9. The second kappa shape index (κ2) is 5.70. The molecular formula is C13H9Cl3N4OS. The van der Waals surface area contributed by atoms with E-state index in [1.807, 2.05) is 36.6 Å². The van der Waals surface area contributed by atoms with E-state index >= 15 is 0 Å². The highest BCUT2D eigenvalue weighted by molar-refractivity contribution is 7.15. The van der Waals surface area contributed by atoms with E-state index in [9.17, 15) is 4.79 Å². The molecule has 0 saturated carbocycles. The number of anilines is 1. The van der Waals surface area contributed by atoms with Gasteiger partial charge in [-0.15, -0.1) is 16.4 Å². The molecule has 1 N–H and O–H groups in total. The van der Waals surface area contributed by atoms with Crippen LogP contribution in [0.15, 0.2) is 29.6 Å². The molecule has 9 heteroatoms. The quantitative estimate of drug-likeness (QED) is 0.687. The maximum atomic E-state index is 11.6. The van der Waals surface area contributed by atoms with Gasteiger partial charge in [-0.1, -0.05) is 64.6 Å². The normalized spacial score (nSPS) is 11.8. The fourth-order valence-corrected chi connectivity index (χ4v) is 2.80. The minimum absolute atomic E-state index is 0.0940. The molecule has 0 saturated heterocycles. The molecule has 0 fully saturated rings. The van der Waals surface area contributed by atoms with Crippen LogP contribution >= 0.6 is 46.1 Å². The highest BCUT2D eigenvalue weighted by Gasteiger charge is 2.31. The number of hydrogen-bond donors (Lipinski definition) is 1. The lowest BCUT2D eigenvalue weighted by Gasteiger charge is -2.08. The van der Waals surface area contributed by atoms with Gasteiger partial charge in [-0.2, -0.15) is 4.98 Å². The Labute approximate surface area is 144 Å². The van der Waals surface area contributed by atoms with Crippen molar-refractivity contribution in [2.45, 2.75) is 10.7 Å². The molecule has 0 aliphatic heterocycles. The first kappa shape index (κ1) is 15.6. The maximum Gasteiger partial charge on any atom is 0.278 e. The van der Waals surface area contributed by atoms with Crippen molar-refractivity contribution >= 4 is 63.0 Å². The Kier molecular flexibility index (Phi) is 4.03. The number of benzene rings is 1. The summed E-state index contributed by atoms with van der Waals surface area (Å²) in [6.45, 7) is 2.02. The maximum absolute atomic E-state index is 11.6. The lowest BCUT2D eigenvalue weighted by Crippen LogP contribution is -2.27. The number of carbonyl (C=O) groups excluding carboxylic acids is 1. The van der Waals surface area contributed by atoms with Crippen LogP contribution in [0.25, 0.3) is 16.2 Å². The molecule has 2 heterocycles. The number of alkyl halides is 3. The number of hydrogen-bond acceptors (Lipinski definition) is 4. The Morgan fingerprint density at radius 2 is 1.95 bits per heavy atom. The summed E-state index contributed by atoms with van der Waals surface area (Å²) in [6.07, 6.45) is 0. The molecule has 0 radical (unpaired) electrons. The van der Waals surface area contributed by atoms with E-state index in [0.717, 1.165) is 11.3 Å². The number of carbonyl (C=O) groups is 1. The summed E-state index contributed by atoms with van der Waals surface area (Å²) in [5, 5.41) is 8.55. The average molecular weight is 376 g/mol. The zero-order valence-corrected chi connectivity index (χ0v) is 14.3. The molecule has 0 unspecified atom stereocenters. The molecule has 5 nitrogen and oxygen atoms in total. The number of nitrogens with zero attached hydrogens (tertiary/aromatic N) is 3. The molecule has 114 valence electrons. The van der Waals surface area contributed by atoms with Gasteiger partial charge < -0.3 is 0 Å². The molecule has 3 rings (SSSR count). The first-order valence-corrected chi connectivity index (χ1v) is 8.15. The lowest BCUT2D eigenvalue weighted by molar-refractivity contribution is -0.115. The second-order valence-corrected chi connectivity index (χ2v) is 7.69. The van der Waals surface area contributed by atoms with Gasteiger partial charge in [-0.25, -0.2) is 4.52 Å². The van der Waals surface area contributed by atoms with E-state index in [1.54, 1.807) is 4.52 Å². The monoisotopic (exact) mass is 374 g/mol. The van der Waals surface area contributed by atoms with Crippen molar-refractivity contribution < 1.29 is 4.79 Å². The highest BCUT2D eigenvalue weighted by atomic mass is 35.6. The Morgan fingerprint density at radius 1 is 1.27 bits per heavy atom. The zero-order chi connectivity index (χ0) is 15.9. The topological polar surface area (TPSA) is 59.3 Å². The van der Waals surface area contributed by atoms with Crippen LogP contribution in [-0.2, 0) is 4.79 Å². The van der Waals surface area contributed by atoms with Gasteiger partial charge >= 0.3 is 0 Å². The van der Waals surface area contributed by atoms with Crippen LogP contribution in [0.5, 0.6) is 0 Å². The van der Waals surface area contributed by atoms with Gasteiger partial charge in [-0.05, 0) is 6.92 Å². The van der Waals surface area contributed by atoms with Crippen LogP contribution in [0, 0.1) is 6.92 Å². The SMILES string of the molecule is Cc1ccc(-c2csc3nc(NC(=O)C(Cl)(Cl)Cl)nn23)cc1. The molecule has 2 aromatic heterocycles. The summed E-state index contributed by atoms with van der Waals surface area (Å²) in [4.78, 5) is 16.5. The number of aryl methyl sites for hydroxylation is 1. The van der Waals surface area contributed by atoms with Gasteiger partial charge in [0.2, 0.25) is 4.96 Å². The van der Waals surface area contributed by atoms with Gasteiger partial charge in [0.05, 0.1) is 5.69 Å². The molecule has 0 spiro atoms. The van der Waals surface area contributed by atoms with Gasteiger partial charge in [-0.3, -0.25) is 10.1 Å². The smallest absolute Gasteiger partial charge is 0.278 e. The Morgan fingerprint density at radius 3 is 2.59 bits per heavy atom. The van der Waals surface area contributed by atoms with Crippen LogP contribution in [0.2, 0.25) is 0 Å². The minimum atomic E-state index is -2.06. The lowest BCUT2D eigenvalue weighted by atomic mass is 10.1. The summed E-state index contributed by atoms with van der Waals surface area (Å²) in [5.74, 6) is -0.704. The van der Waals surface area contributed by atoms with Crippen LogP contribution in [0.1, 0.15) is 5.56 Å². The van der Waals surface area contributed by atoms with Crippen molar-refractivity contribution in [3.63, 3.8) is 0 Å². The first-order chi connectivity index (χ1) is 10.3. The number of nitrogens with one attached hydrogen (secondary N) is 1. The van der Waals surface area contributed by atoms with Crippen molar-refractivity contribution in [3.8, 4) is 11.3 Å². The molecule has 1 amide bonds. The molecule has 0 bridgehead atoms. The third kappa shape index (κ3) is 3.05. The third-order valence-corrected chi connectivity index (χ3v) is 4.24. The number of thiazole rings is 1. The number of amides is 1. The molecule has 1 aromatic carbocycles. The summed E-state index contributed by atoms with van der Waals surface area (Å²) in [6, 6.07) is 8.03. The standard InChI is InChI=1S/C13H9Cl3N4OS/c1-7-2-4-8(5-3-7)9-6-22-12-18-11(19-20(9)12)17-10(21)13(14,15)16/h2-6H,1H3,(H,17,19,21). The Balaban J connectivity index is 1.95. The van der Waals surface area contributed by atoms with Crippen LogP contribution in [-0.4, -0.2) is 24.3 Å². The molecular weight excluding hydrogens is 367 g/mol. The third-order valence-electron chi connectivity index (χ3n) is 2.91.